The number of nitriles is 1. The van der Waals surface area contributed by atoms with Crippen molar-refractivity contribution in [2.24, 2.45) is 11.8 Å². The molecule has 8 heteroatoms. The van der Waals surface area contributed by atoms with Crippen molar-refractivity contribution < 1.29 is 4.79 Å². The smallest absolute Gasteiger partial charge is 0.229 e. The number of piperidine rings is 1. The summed E-state index contributed by atoms with van der Waals surface area (Å²) in [5.74, 6) is 0.710. The number of fused-ring (bicyclic) bond motifs is 1. The summed E-state index contributed by atoms with van der Waals surface area (Å²) in [4.78, 5) is 27.4. The van der Waals surface area contributed by atoms with Gasteiger partial charge >= 0.3 is 0 Å². The van der Waals surface area contributed by atoms with E-state index in [1.54, 1.807) is 18.6 Å². The fourth-order valence-corrected chi connectivity index (χ4v) is 4.58. The van der Waals surface area contributed by atoms with Gasteiger partial charge in [-0.15, -0.1) is 0 Å². The Morgan fingerprint density at radius 3 is 2.65 bits per heavy atom. The first kappa shape index (κ1) is 19.7. The van der Waals surface area contributed by atoms with Crippen molar-refractivity contribution >= 4 is 39.8 Å². The maximum atomic E-state index is 12.7. The number of nitrogens with zero attached hydrogens (tertiary/aromatic N) is 5. The number of nitrogens with one attached hydrogen (secondary N) is 1. The number of carbonyl (C=O) groups excluding carboxylic acids is 1. The molecule has 0 spiro atoms. The van der Waals surface area contributed by atoms with Crippen LogP contribution in [-0.2, 0) is 4.79 Å². The van der Waals surface area contributed by atoms with Crippen LogP contribution in [0.2, 0.25) is 5.02 Å². The lowest BCUT2D eigenvalue weighted by atomic mass is 9.98. The number of hydrogen-bond donors (Lipinski definition) is 1. The van der Waals surface area contributed by atoms with Gasteiger partial charge in [0, 0.05) is 48.9 Å². The maximum Gasteiger partial charge on any atom is 0.229 e. The molecule has 1 saturated heterocycles. The Bertz CT molecular complexity index is 1170. The highest BCUT2D eigenvalue weighted by atomic mass is 35.5. The summed E-state index contributed by atoms with van der Waals surface area (Å²) >= 11 is 6.54. The molecular formula is C23H21ClN6O. The third-order valence-corrected chi connectivity index (χ3v) is 6.50. The van der Waals surface area contributed by atoms with E-state index in [9.17, 15) is 4.79 Å². The number of hydrogen-bond acceptors (Lipinski definition) is 6. The van der Waals surface area contributed by atoms with E-state index in [2.05, 4.69) is 31.2 Å². The molecule has 1 aromatic carbocycles. The summed E-state index contributed by atoms with van der Waals surface area (Å²) in [5, 5.41) is 14.6. The molecule has 1 amide bonds. The molecule has 1 saturated carbocycles. The SMILES string of the molecule is N#CC1CCN(c2cc3cc(NC(=O)[C@@H]4C[C@H]4c4cncnc4)ncc3cc2Cl)CC1. The maximum absolute atomic E-state index is 12.7. The second-order valence-electron chi connectivity index (χ2n) is 8.22. The molecule has 2 aromatic heterocycles. The van der Waals surface area contributed by atoms with E-state index < -0.39 is 0 Å². The van der Waals surface area contributed by atoms with Crippen LogP contribution < -0.4 is 10.2 Å². The number of aromatic nitrogens is 3. The van der Waals surface area contributed by atoms with Crippen LogP contribution in [0.4, 0.5) is 11.5 Å². The molecular weight excluding hydrogens is 412 g/mol. The van der Waals surface area contributed by atoms with E-state index in [0.717, 1.165) is 54.4 Å². The third kappa shape index (κ3) is 4.04. The van der Waals surface area contributed by atoms with Crippen molar-refractivity contribution in [3.05, 3.63) is 53.7 Å². The zero-order chi connectivity index (χ0) is 21.4. The van der Waals surface area contributed by atoms with E-state index >= 15 is 0 Å². The van der Waals surface area contributed by atoms with Crippen LogP contribution in [0.5, 0.6) is 0 Å². The van der Waals surface area contributed by atoms with Crippen molar-refractivity contribution in [2.75, 3.05) is 23.3 Å². The largest absolute Gasteiger partial charge is 0.370 e. The second-order valence-corrected chi connectivity index (χ2v) is 8.63. The van der Waals surface area contributed by atoms with E-state index in [1.807, 2.05) is 18.2 Å². The lowest BCUT2D eigenvalue weighted by Crippen LogP contribution is -2.33. The normalized spacial score (nSPS) is 21.0. The van der Waals surface area contributed by atoms with Crippen molar-refractivity contribution in [1.82, 2.24) is 15.0 Å². The number of benzene rings is 1. The van der Waals surface area contributed by atoms with E-state index in [0.29, 0.717) is 10.8 Å². The van der Waals surface area contributed by atoms with Gasteiger partial charge in [-0.1, -0.05) is 11.6 Å². The first-order chi connectivity index (χ1) is 15.1. The lowest BCUT2D eigenvalue weighted by molar-refractivity contribution is -0.117. The van der Waals surface area contributed by atoms with Crippen LogP contribution in [0, 0.1) is 23.2 Å². The molecule has 7 nitrogen and oxygen atoms in total. The van der Waals surface area contributed by atoms with Crippen molar-refractivity contribution in [3.8, 4) is 6.07 Å². The summed E-state index contributed by atoms with van der Waals surface area (Å²) in [7, 11) is 0. The van der Waals surface area contributed by atoms with Crippen LogP contribution >= 0.6 is 11.6 Å². The highest BCUT2D eigenvalue weighted by molar-refractivity contribution is 6.34. The molecule has 2 atom stereocenters. The summed E-state index contributed by atoms with van der Waals surface area (Å²) < 4.78 is 0. The molecule has 1 N–H and O–H groups in total. The fourth-order valence-electron chi connectivity index (χ4n) is 4.29. The predicted molar refractivity (Wildman–Crippen MR) is 119 cm³/mol. The Labute approximate surface area is 185 Å². The lowest BCUT2D eigenvalue weighted by Gasteiger charge is -2.32. The molecule has 0 unspecified atom stereocenters. The Hall–Kier alpha value is -3.24. The number of halogens is 1. The summed E-state index contributed by atoms with van der Waals surface area (Å²) in [6.07, 6.45) is 9.25. The summed E-state index contributed by atoms with van der Waals surface area (Å²) in [6.45, 7) is 1.62. The van der Waals surface area contributed by atoms with Gasteiger partial charge in [0.15, 0.2) is 0 Å². The molecule has 2 aliphatic rings. The summed E-state index contributed by atoms with van der Waals surface area (Å²) in [5.41, 5.74) is 1.95. The Morgan fingerprint density at radius 1 is 1.13 bits per heavy atom. The van der Waals surface area contributed by atoms with Gasteiger partial charge in [0.2, 0.25) is 5.91 Å². The highest BCUT2D eigenvalue weighted by Crippen LogP contribution is 2.47. The molecule has 0 radical (unpaired) electrons. The predicted octanol–water partition coefficient (Wildman–Crippen LogP) is 4.16. The Kier molecular flexibility index (Phi) is 5.16. The quantitative estimate of drug-likeness (QED) is 0.665. The van der Waals surface area contributed by atoms with Gasteiger partial charge < -0.3 is 10.2 Å². The average molecular weight is 433 g/mol. The van der Waals surface area contributed by atoms with Crippen LogP contribution in [0.1, 0.15) is 30.7 Å². The first-order valence-electron chi connectivity index (χ1n) is 10.4. The fraction of sp³-hybridized carbons (Fsp3) is 0.348. The summed E-state index contributed by atoms with van der Waals surface area (Å²) in [6, 6.07) is 8.20. The molecule has 3 aromatic rings. The van der Waals surface area contributed by atoms with Gasteiger partial charge in [-0.05, 0) is 54.3 Å². The first-order valence-corrected chi connectivity index (χ1v) is 10.8. The van der Waals surface area contributed by atoms with Crippen molar-refractivity contribution in [2.45, 2.75) is 25.2 Å². The van der Waals surface area contributed by atoms with Crippen molar-refractivity contribution in [1.29, 1.82) is 5.26 Å². The monoisotopic (exact) mass is 432 g/mol. The molecule has 0 bridgehead atoms. The molecule has 5 rings (SSSR count). The van der Waals surface area contributed by atoms with Crippen LogP contribution in [0.3, 0.4) is 0 Å². The van der Waals surface area contributed by atoms with Gasteiger partial charge in [-0.3, -0.25) is 4.79 Å². The van der Waals surface area contributed by atoms with E-state index in [-0.39, 0.29) is 23.7 Å². The minimum atomic E-state index is -0.0781. The van der Waals surface area contributed by atoms with Gasteiger partial charge in [0.25, 0.3) is 0 Å². The average Bonchev–Trinajstić information content (AvgIpc) is 3.61. The van der Waals surface area contributed by atoms with E-state index in [1.165, 1.54) is 6.33 Å². The Morgan fingerprint density at radius 2 is 1.90 bits per heavy atom. The van der Waals surface area contributed by atoms with Crippen LogP contribution in [0.15, 0.2) is 43.1 Å². The minimum Gasteiger partial charge on any atom is -0.370 e. The molecule has 1 aliphatic carbocycles. The van der Waals surface area contributed by atoms with Crippen molar-refractivity contribution in [3.63, 3.8) is 0 Å². The number of anilines is 2. The molecule has 1 aliphatic heterocycles. The standard InChI is InChI=1S/C23H21ClN6O/c24-20-5-16-12-28-22(29-23(31)19-8-18(19)17-10-26-13-27-11-17)7-15(16)6-21(20)30-3-1-14(9-25)2-4-30/h5-7,10-14,18-19H,1-4,8H2,(H,28,29,31)/t18-,19+/m0/s1. The second kappa shape index (κ2) is 8.12. The molecule has 31 heavy (non-hydrogen) atoms. The van der Waals surface area contributed by atoms with Gasteiger partial charge in [0.05, 0.1) is 16.8 Å². The van der Waals surface area contributed by atoms with Gasteiger partial charge in [-0.2, -0.15) is 5.26 Å². The third-order valence-electron chi connectivity index (χ3n) is 6.19. The molecule has 2 fully saturated rings. The van der Waals surface area contributed by atoms with Gasteiger partial charge in [-0.25, -0.2) is 15.0 Å². The van der Waals surface area contributed by atoms with E-state index in [4.69, 9.17) is 16.9 Å². The number of rotatable bonds is 4. The molecule has 156 valence electrons. The zero-order valence-electron chi connectivity index (χ0n) is 16.8. The number of carbonyl (C=O) groups is 1. The minimum absolute atomic E-state index is 0.0338. The molecule has 3 heterocycles. The Balaban J connectivity index is 1.32. The number of pyridine rings is 1. The number of amides is 1. The zero-order valence-corrected chi connectivity index (χ0v) is 17.6. The van der Waals surface area contributed by atoms with Crippen LogP contribution in [0.25, 0.3) is 10.8 Å². The topological polar surface area (TPSA) is 94.8 Å². The van der Waals surface area contributed by atoms with Crippen LogP contribution in [-0.4, -0.2) is 33.9 Å². The highest BCUT2D eigenvalue weighted by Gasteiger charge is 2.44. The van der Waals surface area contributed by atoms with Gasteiger partial charge in [0.1, 0.15) is 12.1 Å².